The largest absolute Gasteiger partial charge is 0.491 e. The number of methoxy groups -OCH3 is 1. The lowest BCUT2D eigenvalue weighted by Gasteiger charge is -2.32. The molecule has 0 spiro atoms. The molecule has 134 valence electrons. The molecule has 1 aromatic heterocycles. The Balaban J connectivity index is 1.54. The molecule has 0 radical (unpaired) electrons. The fourth-order valence-corrected chi connectivity index (χ4v) is 3.59. The second kappa shape index (κ2) is 8.30. The average molecular weight is 344 g/mol. The maximum atomic E-state index is 13.3. The molecule has 0 amide bonds. The Morgan fingerprint density at radius 3 is 3.00 bits per heavy atom. The van der Waals surface area contributed by atoms with Crippen LogP contribution in [0.1, 0.15) is 30.5 Å². The fourth-order valence-electron chi connectivity index (χ4n) is 3.59. The molecule has 1 saturated heterocycles. The number of piperidine rings is 1. The van der Waals surface area contributed by atoms with E-state index in [1.54, 1.807) is 24.4 Å². The van der Waals surface area contributed by atoms with Crippen LogP contribution in [0.5, 0.6) is 5.75 Å². The Morgan fingerprint density at radius 1 is 1.36 bits per heavy atom. The minimum Gasteiger partial charge on any atom is -0.491 e. The van der Waals surface area contributed by atoms with Gasteiger partial charge in [0.05, 0.1) is 7.11 Å². The van der Waals surface area contributed by atoms with Crippen molar-refractivity contribution in [2.24, 2.45) is 5.92 Å². The Bertz CT molecular complexity index is 759. The molecule has 0 bridgehead atoms. The topological polar surface area (TPSA) is 45.3 Å². The van der Waals surface area contributed by atoms with Gasteiger partial charge in [-0.1, -0.05) is 12.1 Å². The summed E-state index contributed by atoms with van der Waals surface area (Å²) in [5, 5.41) is 0. The SMILES string of the molecule is COc1c[nH]c(CN2CCCC(CCc3cccc(F)c3)C2)cc1=O. The Hall–Kier alpha value is -2.14. The van der Waals surface area contributed by atoms with Crippen LogP contribution in [0.25, 0.3) is 0 Å². The van der Waals surface area contributed by atoms with Crippen molar-refractivity contribution in [2.75, 3.05) is 20.2 Å². The second-order valence-electron chi connectivity index (χ2n) is 6.80. The molecule has 1 N–H and O–H groups in total. The van der Waals surface area contributed by atoms with Gasteiger partial charge in [0.1, 0.15) is 5.82 Å². The number of H-pyrrole nitrogens is 1. The molecular formula is C20H25FN2O2. The second-order valence-corrected chi connectivity index (χ2v) is 6.80. The molecule has 0 saturated carbocycles. The van der Waals surface area contributed by atoms with Crippen molar-refractivity contribution < 1.29 is 9.13 Å². The third-order valence-electron chi connectivity index (χ3n) is 4.88. The van der Waals surface area contributed by atoms with Gasteiger partial charge in [0.2, 0.25) is 5.43 Å². The fraction of sp³-hybridized carbons (Fsp3) is 0.450. The van der Waals surface area contributed by atoms with Crippen molar-refractivity contribution >= 4 is 0 Å². The lowest BCUT2D eigenvalue weighted by molar-refractivity contribution is 0.160. The molecule has 1 aliphatic heterocycles. The minimum atomic E-state index is -0.161. The molecule has 1 unspecified atom stereocenters. The van der Waals surface area contributed by atoms with E-state index >= 15 is 0 Å². The number of aromatic amines is 1. The normalized spacial score (nSPS) is 18.2. The molecule has 2 aromatic rings. The quantitative estimate of drug-likeness (QED) is 0.874. The highest BCUT2D eigenvalue weighted by Crippen LogP contribution is 2.23. The molecule has 3 rings (SSSR count). The van der Waals surface area contributed by atoms with Crippen LogP contribution in [0, 0.1) is 11.7 Å². The molecule has 0 aliphatic carbocycles. The van der Waals surface area contributed by atoms with Crippen LogP contribution >= 0.6 is 0 Å². The van der Waals surface area contributed by atoms with Crippen molar-refractivity contribution in [3.05, 3.63) is 63.8 Å². The molecular weight excluding hydrogens is 319 g/mol. The number of ether oxygens (including phenoxy) is 1. The third kappa shape index (κ3) is 4.92. The zero-order valence-electron chi connectivity index (χ0n) is 14.6. The number of halogens is 1. The van der Waals surface area contributed by atoms with Gasteiger partial charge in [-0.3, -0.25) is 9.69 Å². The monoisotopic (exact) mass is 344 g/mol. The Labute approximate surface area is 147 Å². The van der Waals surface area contributed by atoms with E-state index in [1.165, 1.54) is 19.6 Å². The summed E-state index contributed by atoms with van der Waals surface area (Å²) in [6, 6.07) is 8.50. The Morgan fingerprint density at radius 2 is 2.24 bits per heavy atom. The van der Waals surface area contributed by atoms with Crippen LogP contribution in [0.4, 0.5) is 4.39 Å². The van der Waals surface area contributed by atoms with Crippen LogP contribution < -0.4 is 10.2 Å². The first kappa shape index (κ1) is 17.7. The van der Waals surface area contributed by atoms with Gasteiger partial charge in [-0.05, 0) is 55.8 Å². The number of nitrogens with zero attached hydrogens (tertiary/aromatic N) is 1. The summed E-state index contributed by atoms with van der Waals surface area (Å²) in [5.41, 5.74) is 1.89. The average Bonchev–Trinajstić information content (AvgIpc) is 2.61. The number of benzene rings is 1. The van der Waals surface area contributed by atoms with Gasteiger partial charge < -0.3 is 9.72 Å². The first-order valence-corrected chi connectivity index (χ1v) is 8.86. The van der Waals surface area contributed by atoms with E-state index in [-0.39, 0.29) is 11.2 Å². The zero-order valence-corrected chi connectivity index (χ0v) is 14.6. The van der Waals surface area contributed by atoms with Crippen molar-refractivity contribution in [3.8, 4) is 5.75 Å². The van der Waals surface area contributed by atoms with E-state index in [9.17, 15) is 9.18 Å². The summed E-state index contributed by atoms with van der Waals surface area (Å²) >= 11 is 0. The molecule has 25 heavy (non-hydrogen) atoms. The van der Waals surface area contributed by atoms with E-state index in [1.807, 2.05) is 6.07 Å². The lowest BCUT2D eigenvalue weighted by atomic mass is 9.91. The van der Waals surface area contributed by atoms with E-state index in [0.717, 1.165) is 50.2 Å². The minimum absolute atomic E-state index is 0.0871. The van der Waals surface area contributed by atoms with Crippen molar-refractivity contribution in [3.63, 3.8) is 0 Å². The number of aromatic nitrogens is 1. The number of nitrogens with one attached hydrogen (secondary N) is 1. The third-order valence-corrected chi connectivity index (χ3v) is 4.88. The molecule has 1 atom stereocenters. The van der Waals surface area contributed by atoms with Crippen LogP contribution in [0.3, 0.4) is 0 Å². The summed E-state index contributed by atoms with van der Waals surface area (Å²) in [5.74, 6) is 0.795. The molecule has 1 aliphatic rings. The van der Waals surface area contributed by atoms with Gasteiger partial charge in [-0.25, -0.2) is 4.39 Å². The number of aryl methyl sites for hydroxylation is 1. The smallest absolute Gasteiger partial charge is 0.223 e. The van der Waals surface area contributed by atoms with E-state index in [0.29, 0.717) is 11.7 Å². The van der Waals surface area contributed by atoms with Crippen molar-refractivity contribution in [1.82, 2.24) is 9.88 Å². The van der Waals surface area contributed by atoms with Gasteiger partial charge in [0.25, 0.3) is 0 Å². The summed E-state index contributed by atoms with van der Waals surface area (Å²) in [7, 11) is 1.50. The van der Waals surface area contributed by atoms with Gasteiger partial charge in [0, 0.05) is 31.0 Å². The standard InChI is InChI=1S/C20H25FN2O2/c1-25-20-12-22-18(11-19(20)24)14-23-9-3-5-16(13-23)8-7-15-4-2-6-17(21)10-15/h2,4,6,10-12,16H,3,5,7-9,13-14H2,1H3,(H,22,24). The zero-order chi connectivity index (χ0) is 17.6. The summed E-state index contributed by atoms with van der Waals surface area (Å²) in [4.78, 5) is 17.4. The van der Waals surface area contributed by atoms with Crippen LogP contribution in [0.2, 0.25) is 0 Å². The number of likely N-dealkylation sites (tertiary alicyclic amines) is 1. The summed E-state index contributed by atoms with van der Waals surface area (Å²) < 4.78 is 18.3. The molecule has 1 aromatic carbocycles. The maximum Gasteiger partial charge on any atom is 0.223 e. The van der Waals surface area contributed by atoms with Gasteiger partial charge in [-0.2, -0.15) is 0 Å². The predicted molar refractivity (Wildman–Crippen MR) is 96.3 cm³/mol. The summed E-state index contributed by atoms with van der Waals surface area (Å²) in [6.07, 6.45) is 5.98. The van der Waals surface area contributed by atoms with E-state index < -0.39 is 0 Å². The highest BCUT2D eigenvalue weighted by atomic mass is 19.1. The molecule has 1 fully saturated rings. The van der Waals surface area contributed by atoms with Gasteiger partial charge >= 0.3 is 0 Å². The molecule has 4 nitrogen and oxygen atoms in total. The van der Waals surface area contributed by atoms with Crippen LogP contribution in [-0.2, 0) is 13.0 Å². The van der Waals surface area contributed by atoms with Crippen LogP contribution in [0.15, 0.2) is 41.3 Å². The van der Waals surface area contributed by atoms with Gasteiger partial charge in [-0.15, -0.1) is 0 Å². The maximum absolute atomic E-state index is 13.3. The Kier molecular flexibility index (Phi) is 5.87. The van der Waals surface area contributed by atoms with Gasteiger partial charge in [0.15, 0.2) is 5.75 Å². The number of hydrogen-bond acceptors (Lipinski definition) is 3. The van der Waals surface area contributed by atoms with E-state index in [2.05, 4.69) is 9.88 Å². The van der Waals surface area contributed by atoms with Crippen LogP contribution in [-0.4, -0.2) is 30.1 Å². The number of pyridine rings is 1. The number of rotatable bonds is 6. The van der Waals surface area contributed by atoms with Crippen molar-refractivity contribution in [2.45, 2.75) is 32.2 Å². The highest BCUT2D eigenvalue weighted by Gasteiger charge is 2.20. The highest BCUT2D eigenvalue weighted by molar-refractivity contribution is 5.20. The predicted octanol–water partition coefficient (Wildman–Crippen LogP) is 3.37. The molecule has 2 heterocycles. The first-order valence-electron chi connectivity index (χ1n) is 8.86. The summed E-state index contributed by atoms with van der Waals surface area (Å²) in [6.45, 7) is 2.81. The van der Waals surface area contributed by atoms with E-state index in [4.69, 9.17) is 4.74 Å². The van der Waals surface area contributed by atoms with Crippen molar-refractivity contribution in [1.29, 1.82) is 0 Å². The lowest BCUT2D eigenvalue weighted by Crippen LogP contribution is -2.35. The first-order chi connectivity index (χ1) is 12.1. The molecule has 5 heteroatoms. The number of hydrogen-bond donors (Lipinski definition) is 1.